The van der Waals surface area contributed by atoms with E-state index < -0.39 is 0 Å². The highest BCUT2D eigenvalue weighted by atomic mass is 35.5. The third-order valence-corrected chi connectivity index (χ3v) is 5.44. The fourth-order valence-corrected chi connectivity index (χ4v) is 3.86. The molecule has 2 saturated heterocycles. The monoisotopic (exact) mass is 391 g/mol. The molecule has 7 heteroatoms. The number of nitrogens with zero attached hydrogens (tertiary/aromatic N) is 2. The standard InChI is InChI=1S/C20H26ClN3O3/c1-13(2)20(27)23-10-7-15(8-11-23)22-19(26)16-6-5-14(21)12-17(16)24-9-3-4-18(24)25/h5-6,12-13,15H,3-4,7-11H2,1-2H3,(H,22,26). The zero-order chi connectivity index (χ0) is 19.6. The predicted octanol–water partition coefficient (Wildman–Crippen LogP) is 2.84. The summed E-state index contributed by atoms with van der Waals surface area (Å²) in [5, 5.41) is 3.57. The first-order valence-electron chi connectivity index (χ1n) is 9.56. The van der Waals surface area contributed by atoms with Crippen LogP contribution in [0.5, 0.6) is 0 Å². The SMILES string of the molecule is CC(C)C(=O)N1CCC(NC(=O)c2ccc(Cl)cc2N2CCCC2=O)CC1. The summed E-state index contributed by atoms with van der Waals surface area (Å²) in [6.07, 6.45) is 2.75. The molecule has 2 fully saturated rings. The van der Waals surface area contributed by atoms with Crippen molar-refractivity contribution in [1.29, 1.82) is 0 Å². The number of carbonyl (C=O) groups excluding carboxylic acids is 3. The number of anilines is 1. The Hall–Kier alpha value is -2.08. The average Bonchev–Trinajstić information content (AvgIpc) is 3.07. The maximum atomic E-state index is 12.9. The molecule has 0 aliphatic carbocycles. The molecule has 0 unspecified atom stereocenters. The molecule has 0 atom stereocenters. The maximum absolute atomic E-state index is 12.9. The third kappa shape index (κ3) is 4.43. The molecule has 2 aliphatic rings. The second-order valence-corrected chi connectivity index (χ2v) is 7.97. The predicted molar refractivity (Wildman–Crippen MR) is 105 cm³/mol. The van der Waals surface area contributed by atoms with E-state index in [1.54, 1.807) is 23.1 Å². The third-order valence-electron chi connectivity index (χ3n) is 5.20. The minimum atomic E-state index is -0.199. The topological polar surface area (TPSA) is 69.7 Å². The summed E-state index contributed by atoms with van der Waals surface area (Å²) in [6, 6.07) is 5.05. The van der Waals surface area contributed by atoms with Crippen LogP contribution in [0.25, 0.3) is 0 Å². The van der Waals surface area contributed by atoms with Crippen LogP contribution in [0.1, 0.15) is 49.9 Å². The van der Waals surface area contributed by atoms with Crippen molar-refractivity contribution in [3.05, 3.63) is 28.8 Å². The molecule has 2 aliphatic heterocycles. The molecule has 27 heavy (non-hydrogen) atoms. The average molecular weight is 392 g/mol. The number of likely N-dealkylation sites (tertiary alicyclic amines) is 1. The normalized spacial score (nSPS) is 18.3. The number of halogens is 1. The fraction of sp³-hybridized carbons (Fsp3) is 0.550. The summed E-state index contributed by atoms with van der Waals surface area (Å²) >= 11 is 6.10. The van der Waals surface area contributed by atoms with Gasteiger partial charge in [-0.3, -0.25) is 14.4 Å². The van der Waals surface area contributed by atoms with Gasteiger partial charge in [0, 0.05) is 43.0 Å². The van der Waals surface area contributed by atoms with E-state index in [0.717, 1.165) is 19.3 Å². The number of carbonyl (C=O) groups is 3. The van der Waals surface area contributed by atoms with Gasteiger partial charge in [-0.1, -0.05) is 25.4 Å². The molecular weight excluding hydrogens is 366 g/mol. The quantitative estimate of drug-likeness (QED) is 0.857. The van der Waals surface area contributed by atoms with Crippen LogP contribution >= 0.6 is 11.6 Å². The molecule has 2 heterocycles. The van der Waals surface area contributed by atoms with E-state index in [-0.39, 0.29) is 29.7 Å². The number of hydrogen-bond donors (Lipinski definition) is 1. The van der Waals surface area contributed by atoms with Crippen molar-refractivity contribution in [3.8, 4) is 0 Å². The van der Waals surface area contributed by atoms with Crippen LogP contribution in [-0.4, -0.2) is 48.3 Å². The van der Waals surface area contributed by atoms with E-state index in [1.807, 2.05) is 18.7 Å². The van der Waals surface area contributed by atoms with Gasteiger partial charge in [-0.05, 0) is 37.5 Å². The highest BCUT2D eigenvalue weighted by Crippen LogP contribution is 2.29. The van der Waals surface area contributed by atoms with Crippen molar-refractivity contribution in [3.63, 3.8) is 0 Å². The maximum Gasteiger partial charge on any atom is 0.253 e. The Morgan fingerprint density at radius 3 is 2.48 bits per heavy atom. The van der Waals surface area contributed by atoms with Crippen LogP contribution in [0.4, 0.5) is 5.69 Å². The van der Waals surface area contributed by atoms with E-state index in [0.29, 0.717) is 42.3 Å². The first-order chi connectivity index (χ1) is 12.9. The largest absolute Gasteiger partial charge is 0.349 e. The zero-order valence-corrected chi connectivity index (χ0v) is 16.6. The van der Waals surface area contributed by atoms with Gasteiger partial charge in [0.1, 0.15) is 0 Å². The molecule has 3 rings (SSSR count). The van der Waals surface area contributed by atoms with E-state index >= 15 is 0 Å². The van der Waals surface area contributed by atoms with Gasteiger partial charge in [0.2, 0.25) is 11.8 Å². The molecule has 0 radical (unpaired) electrons. The molecule has 0 bridgehead atoms. The van der Waals surface area contributed by atoms with Crippen LogP contribution in [0.3, 0.4) is 0 Å². The summed E-state index contributed by atoms with van der Waals surface area (Å²) in [5.41, 5.74) is 1.05. The first kappa shape index (κ1) is 19.7. The molecule has 1 aromatic carbocycles. The summed E-state index contributed by atoms with van der Waals surface area (Å²) in [5.74, 6) is -0.0279. The Morgan fingerprint density at radius 2 is 1.89 bits per heavy atom. The Morgan fingerprint density at radius 1 is 1.19 bits per heavy atom. The van der Waals surface area contributed by atoms with Gasteiger partial charge in [-0.15, -0.1) is 0 Å². The molecule has 146 valence electrons. The second kappa shape index (κ2) is 8.30. The number of hydrogen-bond acceptors (Lipinski definition) is 3. The van der Waals surface area contributed by atoms with Crippen LogP contribution in [0.2, 0.25) is 5.02 Å². The lowest BCUT2D eigenvalue weighted by molar-refractivity contribution is -0.135. The highest BCUT2D eigenvalue weighted by molar-refractivity contribution is 6.31. The summed E-state index contributed by atoms with van der Waals surface area (Å²) < 4.78 is 0. The van der Waals surface area contributed by atoms with E-state index in [1.165, 1.54) is 0 Å². The van der Waals surface area contributed by atoms with Crippen LogP contribution in [0, 0.1) is 5.92 Å². The zero-order valence-electron chi connectivity index (χ0n) is 15.8. The van der Waals surface area contributed by atoms with Gasteiger partial charge in [-0.25, -0.2) is 0 Å². The molecule has 0 aromatic heterocycles. The van der Waals surface area contributed by atoms with Gasteiger partial charge in [-0.2, -0.15) is 0 Å². The minimum Gasteiger partial charge on any atom is -0.349 e. The lowest BCUT2D eigenvalue weighted by Crippen LogP contribution is -2.47. The molecular formula is C20H26ClN3O3. The number of piperidine rings is 1. The fourth-order valence-electron chi connectivity index (χ4n) is 3.70. The van der Waals surface area contributed by atoms with E-state index in [9.17, 15) is 14.4 Å². The molecule has 0 saturated carbocycles. The number of amides is 3. The van der Waals surface area contributed by atoms with Gasteiger partial charge < -0.3 is 15.1 Å². The van der Waals surface area contributed by atoms with Crippen LogP contribution in [0.15, 0.2) is 18.2 Å². The Bertz CT molecular complexity index is 742. The number of benzene rings is 1. The molecule has 1 N–H and O–H groups in total. The highest BCUT2D eigenvalue weighted by Gasteiger charge is 2.29. The molecule has 1 aromatic rings. The smallest absolute Gasteiger partial charge is 0.253 e. The lowest BCUT2D eigenvalue weighted by atomic mass is 10.0. The summed E-state index contributed by atoms with van der Waals surface area (Å²) in [7, 11) is 0. The number of rotatable bonds is 4. The van der Waals surface area contributed by atoms with E-state index in [4.69, 9.17) is 11.6 Å². The van der Waals surface area contributed by atoms with Crippen molar-refractivity contribution in [2.75, 3.05) is 24.5 Å². The lowest BCUT2D eigenvalue weighted by Gasteiger charge is -2.33. The van der Waals surface area contributed by atoms with Crippen molar-refractivity contribution < 1.29 is 14.4 Å². The van der Waals surface area contributed by atoms with Crippen LogP contribution in [-0.2, 0) is 9.59 Å². The molecule has 0 spiro atoms. The molecule has 3 amide bonds. The number of nitrogens with one attached hydrogen (secondary N) is 1. The Balaban J connectivity index is 1.67. The minimum absolute atomic E-state index is 0.00855. The van der Waals surface area contributed by atoms with Crippen molar-refractivity contribution >= 4 is 35.0 Å². The summed E-state index contributed by atoms with van der Waals surface area (Å²) in [4.78, 5) is 40.6. The van der Waals surface area contributed by atoms with Crippen molar-refractivity contribution in [2.45, 2.75) is 45.6 Å². The van der Waals surface area contributed by atoms with E-state index in [2.05, 4.69) is 5.32 Å². The second-order valence-electron chi connectivity index (χ2n) is 7.54. The van der Waals surface area contributed by atoms with Crippen molar-refractivity contribution in [2.24, 2.45) is 5.92 Å². The van der Waals surface area contributed by atoms with Gasteiger partial charge in [0.15, 0.2) is 0 Å². The van der Waals surface area contributed by atoms with Gasteiger partial charge in [0.25, 0.3) is 5.91 Å². The van der Waals surface area contributed by atoms with Crippen molar-refractivity contribution in [1.82, 2.24) is 10.2 Å². The Kier molecular flexibility index (Phi) is 6.05. The summed E-state index contributed by atoms with van der Waals surface area (Å²) in [6.45, 7) is 5.71. The molecule has 6 nitrogen and oxygen atoms in total. The van der Waals surface area contributed by atoms with Gasteiger partial charge in [0.05, 0.1) is 11.3 Å². The van der Waals surface area contributed by atoms with Gasteiger partial charge >= 0.3 is 0 Å². The Labute approximate surface area is 164 Å². The van der Waals surface area contributed by atoms with Crippen LogP contribution < -0.4 is 10.2 Å². The first-order valence-corrected chi connectivity index (χ1v) is 9.94.